The molecule has 0 radical (unpaired) electrons. The Morgan fingerprint density at radius 1 is 0.492 bits per heavy atom. The van der Waals surface area contributed by atoms with Gasteiger partial charge in [0.2, 0.25) is 53.2 Å². The van der Waals surface area contributed by atoms with Crippen LogP contribution in [-0.4, -0.2) is 151 Å². The molecule has 0 spiro atoms. The summed E-state index contributed by atoms with van der Waals surface area (Å²) in [5.41, 5.74) is 12.6. The van der Waals surface area contributed by atoms with E-state index in [1.807, 2.05) is 0 Å². The number of carbonyl (C=O) groups is 10. The van der Waals surface area contributed by atoms with Crippen molar-refractivity contribution in [2.45, 2.75) is 141 Å². The molecule has 9 amide bonds. The third-order valence-corrected chi connectivity index (χ3v) is 9.77. The van der Waals surface area contributed by atoms with Crippen LogP contribution in [0.4, 0.5) is 0 Å². The van der Waals surface area contributed by atoms with Gasteiger partial charge in [-0.1, -0.05) is 6.42 Å². The highest BCUT2D eigenvalue weighted by Gasteiger charge is 2.32. The fraction of sp³-hybridized carbons (Fsp3) is 0.590. The molecule has 10 atom stereocenters. The number of hydrogen-bond donors (Lipinski definition) is 14. The van der Waals surface area contributed by atoms with Crippen molar-refractivity contribution in [3.8, 4) is 0 Å². The van der Waals surface area contributed by atoms with Gasteiger partial charge in [-0.3, -0.25) is 47.9 Å². The van der Waals surface area contributed by atoms with Crippen molar-refractivity contribution in [1.29, 1.82) is 0 Å². The highest BCUT2D eigenvalue weighted by atomic mass is 16.4. The molecular formula is C39H63N15O11. The van der Waals surface area contributed by atoms with E-state index in [2.05, 4.69) is 67.8 Å². The number of hydrogen-bond acceptors (Lipinski definition) is 14. The number of amides is 9. The lowest BCUT2D eigenvalue weighted by atomic mass is 10.1. The van der Waals surface area contributed by atoms with Crippen LogP contribution in [0.25, 0.3) is 0 Å². The molecule has 26 heteroatoms. The molecule has 0 saturated carbocycles. The Balaban J connectivity index is 1.98. The predicted molar refractivity (Wildman–Crippen MR) is 230 cm³/mol. The van der Waals surface area contributed by atoms with Gasteiger partial charge in [-0.05, 0) is 67.9 Å². The van der Waals surface area contributed by atoms with Crippen molar-refractivity contribution in [3.63, 3.8) is 0 Å². The summed E-state index contributed by atoms with van der Waals surface area (Å²) >= 11 is 0. The molecule has 0 aromatic carbocycles. The average molecular weight is 918 g/mol. The van der Waals surface area contributed by atoms with Crippen LogP contribution < -0.4 is 59.3 Å². The first-order valence-electron chi connectivity index (χ1n) is 20.9. The Hall–Kier alpha value is -6.96. The molecular weight excluding hydrogens is 855 g/mol. The zero-order chi connectivity index (χ0) is 49.0. The number of nitrogens with one attached hydrogen (secondary N) is 11. The van der Waals surface area contributed by atoms with Crippen molar-refractivity contribution < 1.29 is 53.1 Å². The van der Waals surface area contributed by atoms with E-state index in [-0.39, 0.29) is 12.8 Å². The lowest BCUT2D eigenvalue weighted by Crippen LogP contribution is -2.59. The maximum atomic E-state index is 13.7. The summed E-state index contributed by atoms with van der Waals surface area (Å²) in [5.74, 6) is -8.10. The van der Waals surface area contributed by atoms with E-state index in [0.29, 0.717) is 37.2 Å². The van der Waals surface area contributed by atoms with E-state index in [0.717, 1.165) is 0 Å². The van der Waals surface area contributed by atoms with Gasteiger partial charge in [0.15, 0.2) is 0 Å². The standard InChI is InChI=1S/C39H63N15O11/c1-18(31(56)48-20(3)33(58)50-22(5)35(60)52-24(7)39(64)65)46-30(55)19(2)47-32(57)21(4)49-34(59)23(6)51-37(62)28(12-25-14-42-16-44-25)54-38(63)29(13-26-15-43-17-45-26)53-36(61)27(41)10-8-9-11-40/h14-24,27-29H,8-13,40-41H2,1-7H3,(H,42,44)(H,43,45)(H,46,55)(H,47,57)(H,48,56)(H,49,59)(H,50,58)(H,51,62)(H,52,60)(H,53,61)(H,54,63)(H,64,65)/t18-,19-,20-,21-,22-,23-,24-,27-,28-,29-/m0/s1. The van der Waals surface area contributed by atoms with Gasteiger partial charge in [-0.15, -0.1) is 0 Å². The lowest BCUT2D eigenvalue weighted by Gasteiger charge is -2.25. The molecule has 2 aromatic rings. The number of rotatable bonds is 27. The van der Waals surface area contributed by atoms with Crippen LogP contribution >= 0.6 is 0 Å². The molecule has 16 N–H and O–H groups in total. The van der Waals surface area contributed by atoms with Crippen LogP contribution in [0.5, 0.6) is 0 Å². The predicted octanol–water partition coefficient (Wildman–Crippen LogP) is -5.04. The van der Waals surface area contributed by atoms with E-state index in [1.54, 1.807) is 0 Å². The van der Waals surface area contributed by atoms with E-state index in [9.17, 15) is 47.9 Å². The average Bonchev–Trinajstić information content (AvgIpc) is 3.97. The number of aliphatic carboxylic acids is 1. The second kappa shape index (κ2) is 26.6. The van der Waals surface area contributed by atoms with Crippen LogP contribution in [0.3, 0.4) is 0 Å². The maximum absolute atomic E-state index is 13.7. The van der Waals surface area contributed by atoms with Gasteiger partial charge >= 0.3 is 5.97 Å². The topological polar surface area (TPSA) is 409 Å². The van der Waals surface area contributed by atoms with Crippen LogP contribution in [0, 0.1) is 0 Å². The molecule has 0 aliphatic carbocycles. The smallest absolute Gasteiger partial charge is 0.325 e. The van der Waals surface area contributed by atoms with Crippen molar-refractivity contribution in [2.75, 3.05) is 6.54 Å². The molecule has 0 aliphatic heterocycles. The van der Waals surface area contributed by atoms with Gasteiger partial charge < -0.3 is 74.4 Å². The van der Waals surface area contributed by atoms with Crippen LogP contribution in [0.15, 0.2) is 25.0 Å². The number of carbonyl (C=O) groups excluding carboxylic acids is 9. The summed E-state index contributed by atoms with van der Waals surface area (Å²) in [7, 11) is 0. The summed E-state index contributed by atoms with van der Waals surface area (Å²) in [6.45, 7) is 9.62. The van der Waals surface area contributed by atoms with Gasteiger partial charge in [0.1, 0.15) is 54.4 Å². The summed E-state index contributed by atoms with van der Waals surface area (Å²) in [6, 6.07) is -11.8. The number of nitrogens with zero attached hydrogens (tertiary/aromatic N) is 2. The second-order valence-electron chi connectivity index (χ2n) is 15.5. The number of imidazole rings is 2. The van der Waals surface area contributed by atoms with Crippen molar-refractivity contribution in [3.05, 3.63) is 36.4 Å². The van der Waals surface area contributed by atoms with Crippen LogP contribution in [-0.2, 0) is 60.8 Å². The molecule has 0 fully saturated rings. The molecule has 0 saturated heterocycles. The lowest BCUT2D eigenvalue weighted by molar-refractivity contribution is -0.141. The minimum atomic E-state index is -1.29. The summed E-state index contributed by atoms with van der Waals surface area (Å²) in [6.07, 6.45) is 7.14. The maximum Gasteiger partial charge on any atom is 0.325 e. The molecule has 2 rings (SSSR count). The first kappa shape index (κ1) is 54.2. The number of aromatic amines is 2. The van der Waals surface area contributed by atoms with Crippen LogP contribution in [0.2, 0.25) is 0 Å². The monoisotopic (exact) mass is 917 g/mol. The molecule has 65 heavy (non-hydrogen) atoms. The zero-order valence-electron chi connectivity index (χ0n) is 37.4. The Labute approximate surface area is 374 Å². The number of nitrogens with two attached hydrogens (primary N) is 2. The highest BCUT2D eigenvalue weighted by Crippen LogP contribution is 2.06. The number of carboxylic acids is 1. The number of aromatic nitrogens is 4. The van der Waals surface area contributed by atoms with Gasteiger partial charge in [-0.25, -0.2) is 9.97 Å². The number of carboxylic acid groups (broad SMARTS) is 1. The Bertz CT molecular complexity index is 1950. The Kier molecular flexibility index (Phi) is 22.2. The van der Waals surface area contributed by atoms with E-state index in [1.165, 1.54) is 73.5 Å². The fourth-order valence-electron chi connectivity index (χ4n) is 5.64. The second-order valence-corrected chi connectivity index (χ2v) is 15.5. The van der Waals surface area contributed by atoms with E-state index >= 15 is 0 Å². The molecule has 26 nitrogen and oxygen atoms in total. The minimum absolute atomic E-state index is 0.0264. The minimum Gasteiger partial charge on any atom is -0.480 e. The van der Waals surface area contributed by atoms with E-state index in [4.69, 9.17) is 16.6 Å². The summed E-state index contributed by atoms with van der Waals surface area (Å²) in [4.78, 5) is 141. The third-order valence-electron chi connectivity index (χ3n) is 9.77. The van der Waals surface area contributed by atoms with Gasteiger partial charge in [-0.2, -0.15) is 0 Å². The summed E-state index contributed by atoms with van der Waals surface area (Å²) in [5, 5.41) is 31.0. The SMILES string of the molecule is C[C@H](NC(=O)[C@H](C)NC(=O)[C@H](C)NC(=O)[C@H](C)NC(=O)[C@H](C)NC(=O)[C@H](C)NC(=O)[C@H](C)NC(=O)[C@H](Cc1cnc[nH]1)NC(=O)[C@H](Cc1cnc[nH]1)NC(=O)[C@@H](N)CCCCN)C(=O)O. The Morgan fingerprint density at radius 2 is 0.800 bits per heavy atom. The largest absolute Gasteiger partial charge is 0.480 e. The van der Waals surface area contributed by atoms with Crippen LogP contribution in [0.1, 0.15) is 79.1 Å². The van der Waals surface area contributed by atoms with Gasteiger partial charge in [0, 0.05) is 36.6 Å². The fourth-order valence-corrected chi connectivity index (χ4v) is 5.64. The molecule has 0 bridgehead atoms. The first-order chi connectivity index (χ1) is 30.5. The van der Waals surface area contributed by atoms with E-state index < -0.39 is 120 Å². The normalized spacial score (nSPS) is 15.6. The first-order valence-corrected chi connectivity index (χ1v) is 20.9. The molecule has 0 aliphatic rings. The van der Waals surface area contributed by atoms with Crippen molar-refractivity contribution in [2.24, 2.45) is 11.5 Å². The number of unbranched alkanes of at least 4 members (excludes halogenated alkanes) is 1. The van der Waals surface area contributed by atoms with Crippen molar-refractivity contribution in [1.82, 2.24) is 67.8 Å². The summed E-state index contributed by atoms with van der Waals surface area (Å²) < 4.78 is 0. The quantitative estimate of drug-likeness (QED) is 0.0373. The highest BCUT2D eigenvalue weighted by molar-refractivity contribution is 5.98. The van der Waals surface area contributed by atoms with Crippen molar-refractivity contribution >= 4 is 59.1 Å². The molecule has 2 aromatic heterocycles. The Morgan fingerprint density at radius 3 is 1.11 bits per heavy atom. The number of H-pyrrole nitrogens is 2. The third kappa shape index (κ3) is 18.7. The molecule has 0 unspecified atom stereocenters. The molecule has 2 heterocycles. The van der Waals surface area contributed by atoms with Gasteiger partial charge in [0.25, 0.3) is 0 Å². The molecule has 360 valence electrons. The zero-order valence-corrected chi connectivity index (χ0v) is 37.4. The van der Waals surface area contributed by atoms with Gasteiger partial charge in [0.05, 0.1) is 18.7 Å².